The van der Waals surface area contributed by atoms with Crippen LogP contribution in [0.3, 0.4) is 0 Å². The average Bonchev–Trinajstić information content (AvgIpc) is 2.23. The Labute approximate surface area is 96.5 Å². The second-order valence-electron chi connectivity index (χ2n) is 3.41. The quantitative estimate of drug-likeness (QED) is 0.619. The molecule has 5 nitrogen and oxygen atoms in total. The van der Waals surface area contributed by atoms with Gasteiger partial charge >= 0.3 is 20.2 Å². The maximum absolute atomic E-state index is 11.1. The van der Waals surface area contributed by atoms with E-state index >= 15 is 0 Å². The van der Waals surface area contributed by atoms with Gasteiger partial charge in [-0.05, 0) is 12.8 Å². The normalized spacial score (nSPS) is 10.2. The first-order valence-corrected chi connectivity index (χ1v) is 6.77. The Hall–Kier alpha value is -0.830. The van der Waals surface area contributed by atoms with Gasteiger partial charge in [0.1, 0.15) is 0 Å². The van der Waals surface area contributed by atoms with Crippen LogP contribution in [-0.4, -0.2) is 11.9 Å². The molecule has 16 heavy (non-hydrogen) atoms. The third-order valence-electron chi connectivity index (χ3n) is 1.86. The summed E-state index contributed by atoms with van der Waals surface area (Å²) in [6.45, 7) is 3.86. The van der Waals surface area contributed by atoms with E-state index in [0.717, 1.165) is 12.8 Å². The van der Waals surface area contributed by atoms with Crippen molar-refractivity contribution in [2.75, 3.05) is 0 Å². The molecule has 0 heterocycles. The molecule has 0 saturated heterocycles. The summed E-state index contributed by atoms with van der Waals surface area (Å²) in [6.07, 6.45) is 3.48. The summed E-state index contributed by atoms with van der Waals surface area (Å²) >= 11 is 0. The van der Waals surface area contributed by atoms with Crippen LogP contribution in [0.15, 0.2) is 0 Å². The standard InChI is InChI=1S/C10H19O5P/c1-3-5-7-9(11)14-16(13)15-10(12)8-6-4-2/h16H,3-8H2,1-2H3. The molecule has 0 aliphatic carbocycles. The van der Waals surface area contributed by atoms with Gasteiger partial charge in [-0.2, -0.15) is 0 Å². The van der Waals surface area contributed by atoms with Crippen molar-refractivity contribution >= 4 is 20.2 Å². The van der Waals surface area contributed by atoms with Gasteiger partial charge in [-0.3, -0.25) is 9.59 Å². The molecule has 0 spiro atoms. The molecule has 94 valence electrons. The maximum Gasteiger partial charge on any atom is 0.423 e. The zero-order valence-corrected chi connectivity index (χ0v) is 10.8. The Morgan fingerprint density at radius 2 is 1.31 bits per heavy atom. The smallest absolute Gasteiger partial charge is 0.385 e. The highest BCUT2D eigenvalue weighted by Crippen LogP contribution is 2.25. The molecule has 0 aliphatic rings. The second-order valence-corrected chi connectivity index (χ2v) is 4.31. The van der Waals surface area contributed by atoms with Crippen LogP contribution in [0.5, 0.6) is 0 Å². The maximum atomic E-state index is 11.1. The molecule has 0 fully saturated rings. The van der Waals surface area contributed by atoms with Crippen LogP contribution >= 0.6 is 8.25 Å². The lowest BCUT2D eigenvalue weighted by Gasteiger charge is -2.05. The second kappa shape index (κ2) is 9.40. The van der Waals surface area contributed by atoms with E-state index in [0.29, 0.717) is 12.8 Å². The molecular weight excluding hydrogens is 231 g/mol. The molecule has 0 bridgehead atoms. The number of unbranched alkanes of at least 4 members (excludes halogenated alkanes) is 2. The first-order chi connectivity index (χ1) is 7.60. The predicted molar refractivity (Wildman–Crippen MR) is 60.2 cm³/mol. The number of hydrogen-bond donors (Lipinski definition) is 0. The zero-order valence-electron chi connectivity index (χ0n) is 9.78. The van der Waals surface area contributed by atoms with Crippen molar-refractivity contribution in [1.82, 2.24) is 0 Å². The largest absolute Gasteiger partial charge is 0.423 e. The van der Waals surface area contributed by atoms with E-state index in [1.54, 1.807) is 0 Å². The van der Waals surface area contributed by atoms with E-state index in [4.69, 9.17) is 0 Å². The van der Waals surface area contributed by atoms with Crippen LogP contribution in [-0.2, 0) is 23.2 Å². The van der Waals surface area contributed by atoms with E-state index in [9.17, 15) is 14.2 Å². The fraction of sp³-hybridized carbons (Fsp3) is 0.800. The highest BCUT2D eigenvalue weighted by Gasteiger charge is 2.12. The number of hydrogen-bond acceptors (Lipinski definition) is 5. The monoisotopic (exact) mass is 250 g/mol. The summed E-state index contributed by atoms with van der Waals surface area (Å²) in [7, 11) is -3.00. The molecule has 0 aromatic rings. The summed E-state index contributed by atoms with van der Waals surface area (Å²) in [4.78, 5) is 22.0. The molecular formula is C10H19O5P. The average molecular weight is 250 g/mol. The minimum atomic E-state index is -3.00. The molecule has 0 rings (SSSR count). The van der Waals surface area contributed by atoms with Gasteiger partial charge in [-0.1, -0.05) is 26.7 Å². The van der Waals surface area contributed by atoms with Crippen LogP contribution in [0, 0.1) is 0 Å². The van der Waals surface area contributed by atoms with E-state index in [1.165, 1.54) is 0 Å². The molecule has 0 aliphatic heterocycles. The molecule has 0 N–H and O–H groups in total. The Morgan fingerprint density at radius 3 is 1.62 bits per heavy atom. The minimum absolute atomic E-state index is 0.208. The molecule has 0 aromatic carbocycles. The lowest BCUT2D eigenvalue weighted by atomic mass is 10.3. The summed E-state index contributed by atoms with van der Waals surface area (Å²) in [5.41, 5.74) is 0. The van der Waals surface area contributed by atoms with Crippen LogP contribution in [0.2, 0.25) is 0 Å². The molecule has 0 amide bonds. The van der Waals surface area contributed by atoms with Crippen LogP contribution in [0.25, 0.3) is 0 Å². The van der Waals surface area contributed by atoms with Gasteiger partial charge in [0.25, 0.3) is 0 Å². The number of rotatable bonds is 8. The van der Waals surface area contributed by atoms with Crippen molar-refractivity contribution in [3.8, 4) is 0 Å². The van der Waals surface area contributed by atoms with Crippen molar-refractivity contribution in [3.05, 3.63) is 0 Å². The van der Waals surface area contributed by atoms with E-state index in [-0.39, 0.29) is 12.8 Å². The predicted octanol–water partition coefficient (Wildman–Crippen LogP) is 2.84. The van der Waals surface area contributed by atoms with E-state index < -0.39 is 20.2 Å². The highest BCUT2D eigenvalue weighted by molar-refractivity contribution is 7.34. The van der Waals surface area contributed by atoms with Crippen molar-refractivity contribution < 1.29 is 23.2 Å². The summed E-state index contributed by atoms with van der Waals surface area (Å²) in [6, 6.07) is 0. The van der Waals surface area contributed by atoms with Crippen molar-refractivity contribution in [3.63, 3.8) is 0 Å². The molecule has 6 heteroatoms. The molecule has 0 aromatic heterocycles. The zero-order chi connectivity index (χ0) is 12.4. The highest BCUT2D eigenvalue weighted by atomic mass is 31.1. The summed E-state index contributed by atoms with van der Waals surface area (Å²) in [5.74, 6) is -1.15. The van der Waals surface area contributed by atoms with Gasteiger partial charge in [-0.25, -0.2) is 4.57 Å². The van der Waals surface area contributed by atoms with Gasteiger partial charge in [0.15, 0.2) is 0 Å². The van der Waals surface area contributed by atoms with Gasteiger partial charge in [-0.15, -0.1) is 0 Å². The van der Waals surface area contributed by atoms with Gasteiger partial charge in [0.2, 0.25) is 0 Å². The first-order valence-electron chi connectivity index (χ1n) is 5.55. The fourth-order valence-electron chi connectivity index (χ4n) is 0.951. The summed E-state index contributed by atoms with van der Waals surface area (Å²) < 4.78 is 20.0. The first kappa shape index (κ1) is 15.2. The molecule has 0 radical (unpaired) electrons. The fourth-order valence-corrected chi connectivity index (χ4v) is 1.57. The third kappa shape index (κ3) is 8.48. The van der Waals surface area contributed by atoms with E-state index in [2.05, 4.69) is 9.05 Å². The molecule has 0 unspecified atom stereocenters. The van der Waals surface area contributed by atoms with Crippen molar-refractivity contribution in [2.45, 2.75) is 52.4 Å². The Balaban J connectivity index is 3.72. The number of carbonyl (C=O) groups excluding carboxylic acids is 2. The van der Waals surface area contributed by atoms with Crippen molar-refractivity contribution in [2.24, 2.45) is 0 Å². The minimum Gasteiger partial charge on any atom is -0.385 e. The lowest BCUT2D eigenvalue weighted by Crippen LogP contribution is -2.03. The van der Waals surface area contributed by atoms with Crippen LogP contribution in [0.1, 0.15) is 52.4 Å². The van der Waals surface area contributed by atoms with Crippen LogP contribution < -0.4 is 0 Å². The SMILES string of the molecule is CCCCC(=O)O[PH](=O)OC(=O)CCCC. The Morgan fingerprint density at radius 1 is 0.938 bits per heavy atom. The number of carbonyl (C=O) groups is 2. The van der Waals surface area contributed by atoms with Gasteiger partial charge in [0, 0.05) is 12.8 Å². The Kier molecular flexibility index (Phi) is 8.91. The third-order valence-corrected chi connectivity index (χ3v) is 2.65. The van der Waals surface area contributed by atoms with Crippen molar-refractivity contribution in [1.29, 1.82) is 0 Å². The topological polar surface area (TPSA) is 69.7 Å². The summed E-state index contributed by atoms with van der Waals surface area (Å²) in [5, 5.41) is 0. The van der Waals surface area contributed by atoms with Crippen LogP contribution in [0.4, 0.5) is 0 Å². The lowest BCUT2D eigenvalue weighted by molar-refractivity contribution is -0.137. The van der Waals surface area contributed by atoms with Gasteiger partial charge in [0.05, 0.1) is 0 Å². The van der Waals surface area contributed by atoms with Gasteiger partial charge < -0.3 is 9.05 Å². The molecule has 0 saturated carbocycles. The Bertz CT molecular complexity index is 228. The molecule has 0 atom stereocenters. The van der Waals surface area contributed by atoms with E-state index in [1.807, 2.05) is 13.8 Å².